The topological polar surface area (TPSA) is 72.2 Å². The molecule has 1 heterocycles. The van der Waals surface area contributed by atoms with E-state index in [4.69, 9.17) is 16.1 Å². The molecule has 1 N–H and O–H groups in total. The number of rotatable bonds is 4. The third-order valence-corrected chi connectivity index (χ3v) is 5.27. The summed E-state index contributed by atoms with van der Waals surface area (Å²) in [5.41, 5.74) is 2.61. The molecule has 2 aromatic carbocycles. The molecular weight excluding hydrogens is 348 g/mol. The molecule has 0 aliphatic carbocycles. The number of hydrogen-bond acceptors (Lipinski definition) is 4. The average Bonchev–Trinajstić information content (AvgIpc) is 2.95. The van der Waals surface area contributed by atoms with Crippen molar-refractivity contribution < 1.29 is 12.9 Å². The van der Waals surface area contributed by atoms with Crippen molar-refractivity contribution in [1.82, 2.24) is 5.16 Å². The van der Waals surface area contributed by atoms with Crippen LogP contribution in [-0.2, 0) is 10.0 Å². The summed E-state index contributed by atoms with van der Waals surface area (Å²) in [6.45, 7) is 3.57. The summed E-state index contributed by atoms with van der Waals surface area (Å²) >= 11 is 5.81. The summed E-state index contributed by atoms with van der Waals surface area (Å²) in [6.07, 6.45) is 0. The van der Waals surface area contributed by atoms with E-state index >= 15 is 0 Å². The van der Waals surface area contributed by atoms with E-state index in [0.717, 1.165) is 11.3 Å². The summed E-state index contributed by atoms with van der Waals surface area (Å²) in [7, 11) is -3.69. The van der Waals surface area contributed by atoms with Crippen LogP contribution in [0.15, 0.2) is 57.9 Å². The molecule has 7 heteroatoms. The summed E-state index contributed by atoms with van der Waals surface area (Å²) in [5, 5.41) is 4.38. The van der Waals surface area contributed by atoms with Gasteiger partial charge in [-0.15, -0.1) is 0 Å². The van der Waals surface area contributed by atoms with Crippen molar-refractivity contribution in [2.45, 2.75) is 18.7 Å². The smallest absolute Gasteiger partial charge is 0.262 e. The molecule has 0 aliphatic rings. The van der Waals surface area contributed by atoms with Crippen LogP contribution in [0.25, 0.3) is 11.3 Å². The number of sulfonamides is 1. The molecule has 124 valence electrons. The molecule has 3 aromatic rings. The fourth-order valence-corrected chi connectivity index (χ4v) is 3.74. The Labute approximate surface area is 145 Å². The number of benzene rings is 2. The number of aryl methyl sites for hydroxylation is 2. The molecule has 24 heavy (non-hydrogen) atoms. The van der Waals surface area contributed by atoms with Gasteiger partial charge in [0.2, 0.25) is 0 Å². The second-order valence-electron chi connectivity index (χ2n) is 5.43. The molecule has 0 spiro atoms. The maximum absolute atomic E-state index is 12.6. The lowest BCUT2D eigenvalue weighted by atomic mass is 10.1. The Morgan fingerprint density at radius 1 is 1.04 bits per heavy atom. The highest BCUT2D eigenvalue weighted by Gasteiger charge is 2.18. The summed E-state index contributed by atoms with van der Waals surface area (Å²) in [6, 6.07) is 13.3. The fourth-order valence-electron chi connectivity index (χ4n) is 2.33. The van der Waals surface area contributed by atoms with Gasteiger partial charge in [0.15, 0.2) is 5.76 Å². The van der Waals surface area contributed by atoms with Crippen LogP contribution in [0.2, 0.25) is 5.02 Å². The van der Waals surface area contributed by atoms with Crippen LogP contribution >= 0.6 is 11.6 Å². The van der Waals surface area contributed by atoms with E-state index < -0.39 is 10.0 Å². The van der Waals surface area contributed by atoms with Gasteiger partial charge in [-0.25, -0.2) is 8.42 Å². The van der Waals surface area contributed by atoms with Crippen molar-refractivity contribution in [3.63, 3.8) is 0 Å². The minimum Gasteiger partial charge on any atom is -0.356 e. The lowest BCUT2D eigenvalue weighted by Crippen LogP contribution is -2.14. The largest absolute Gasteiger partial charge is 0.356 e. The number of halogens is 1. The molecule has 0 saturated heterocycles. The number of aromatic nitrogens is 1. The number of nitrogens with one attached hydrogen (secondary N) is 1. The highest BCUT2D eigenvalue weighted by molar-refractivity contribution is 7.92. The van der Waals surface area contributed by atoms with Gasteiger partial charge in [-0.3, -0.25) is 4.72 Å². The molecular formula is C17H15ClN2O3S. The minimum atomic E-state index is -3.69. The van der Waals surface area contributed by atoms with Crippen LogP contribution < -0.4 is 4.72 Å². The second kappa shape index (κ2) is 6.30. The molecule has 0 unspecified atom stereocenters. The van der Waals surface area contributed by atoms with Crippen LogP contribution in [0.5, 0.6) is 0 Å². The highest BCUT2D eigenvalue weighted by atomic mass is 35.5. The van der Waals surface area contributed by atoms with Gasteiger partial charge in [-0.1, -0.05) is 16.8 Å². The normalized spacial score (nSPS) is 11.5. The molecule has 0 aliphatic heterocycles. The van der Waals surface area contributed by atoms with Gasteiger partial charge in [0.25, 0.3) is 10.0 Å². The lowest BCUT2D eigenvalue weighted by Gasteiger charge is -2.11. The first-order valence-electron chi connectivity index (χ1n) is 7.18. The molecule has 0 bridgehead atoms. The van der Waals surface area contributed by atoms with Crippen molar-refractivity contribution in [1.29, 1.82) is 0 Å². The van der Waals surface area contributed by atoms with Gasteiger partial charge in [-0.2, -0.15) is 0 Å². The molecule has 5 nitrogen and oxygen atoms in total. The Hall–Kier alpha value is -2.31. The van der Waals surface area contributed by atoms with Crippen LogP contribution in [-0.4, -0.2) is 13.6 Å². The molecule has 3 rings (SSSR count). The zero-order valence-corrected chi connectivity index (χ0v) is 14.6. The molecule has 0 amide bonds. The van der Waals surface area contributed by atoms with Crippen LogP contribution in [0.4, 0.5) is 5.69 Å². The van der Waals surface area contributed by atoms with E-state index in [-0.39, 0.29) is 4.90 Å². The minimum absolute atomic E-state index is 0.206. The molecule has 0 fully saturated rings. The number of hydrogen-bond donors (Lipinski definition) is 1. The predicted molar refractivity (Wildman–Crippen MR) is 93.7 cm³/mol. The monoisotopic (exact) mass is 362 g/mol. The Morgan fingerprint density at radius 3 is 2.33 bits per heavy atom. The zero-order valence-electron chi connectivity index (χ0n) is 13.1. The SMILES string of the molecule is Cc1cc(-c2ccc(S(=O)(=O)Nc3ccc(Cl)cc3)c(C)c2)on1. The number of anilines is 1. The maximum atomic E-state index is 12.6. The van der Waals surface area contributed by atoms with Crippen molar-refractivity contribution in [2.75, 3.05) is 4.72 Å². The fraction of sp³-hybridized carbons (Fsp3) is 0.118. The average molecular weight is 363 g/mol. The van der Waals surface area contributed by atoms with E-state index in [1.165, 1.54) is 0 Å². The number of nitrogens with zero attached hydrogens (tertiary/aromatic N) is 1. The van der Waals surface area contributed by atoms with Gasteiger partial charge in [0.05, 0.1) is 10.6 Å². The lowest BCUT2D eigenvalue weighted by molar-refractivity contribution is 0.427. The molecule has 0 radical (unpaired) electrons. The summed E-state index contributed by atoms with van der Waals surface area (Å²) in [4.78, 5) is 0.206. The van der Waals surface area contributed by atoms with E-state index in [1.807, 2.05) is 6.92 Å². The first-order chi connectivity index (χ1) is 11.3. The second-order valence-corrected chi connectivity index (χ2v) is 7.51. The Bertz CT molecular complexity index is 979. The van der Waals surface area contributed by atoms with Crippen molar-refractivity contribution in [2.24, 2.45) is 0 Å². The Morgan fingerprint density at radius 2 is 1.75 bits per heavy atom. The van der Waals surface area contributed by atoms with E-state index in [2.05, 4.69) is 9.88 Å². The van der Waals surface area contributed by atoms with Crippen LogP contribution in [0, 0.1) is 13.8 Å². The molecule has 1 aromatic heterocycles. The molecule has 0 saturated carbocycles. The van der Waals surface area contributed by atoms with Gasteiger partial charge in [-0.05, 0) is 61.9 Å². The zero-order chi connectivity index (χ0) is 17.3. The van der Waals surface area contributed by atoms with Crippen LogP contribution in [0.3, 0.4) is 0 Å². The third-order valence-electron chi connectivity index (χ3n) is 3.47. The highest BCUT2D eigenvalue weighted by Crippen LogP contribution is 2.26. The third kappa shape index (κ3) is 3.44. The van der Waals surface area contributed by atoms with Gasteiger partial charge >= 0.3 is 0 Å². The van der Waals surface area contributed by atoms with E-state index in [1.54, 1.807) is 55.5 Å². The first kappa shape index (κ1) is 16.5. The Kier molecular flexibility index (Phi) is 4.34. The predicted octanol–water partition coefficient (Wildman–Crippen LogP) is 4.41. The Balaban J connectivity index is 1.92. The van der Waals surface area contributed by atoms with Crippen molar-refractivity contribution >= 4 is 27.3 Å². The summed E-state index contributed by atoms with van der Waals surface area (Å²) in [5.74, 6) is 0.602. The van der Waals surface area contributed by atoms with Gasteiger partial charge in [0, 0.05) is 22.3 Å². The van der Waals surface area contributed by atoms with Gasteiger partial charge < -0.3 is 4.52 Å². The van der Waals surface area contributed by atoms with E-state index in [9.17, 15) is 8.42 Å². The van der Waals surface area contributed by atoms with Gasteiger partial charge in [0.1, 0.15) is 0 Å². The van der Waals surface area contributed by atoms with Crippen molar-refractivity contribution in [3.8, 4) is 11.3 Å². The standard InChI is InChI=1S/C17H15ClN2O3S/c1-11-9-13(16-10-12(2)19-23-16)3-8-17(11)24(21,22)20-15-6-4-14(18)5-7-15/h3-10,20H,1-2H3. The molecule has 0 atom stereocenters. The van der Waals surface area contributed by atoms with E-state index in [0.29, 0.717) is 22.0 Å². The maximum Gasteiger partial charge on any atom is 0.262 e. The quantitative estimate of drug-likeness (QED) is 0.746. The first-order valence-corrected chi connectivity index (χ1v) is 9.04. The summed E-state index contributed by atoms with van der Waals surface area (Å²) < 4.78 is 32.9. The van der Waals surface area contributed by atoms with Crippen LogP contribution in [0.1, 0.15) is 11.3 Å². The van der Waals surface area contributed by atoms with Crippen molar-refractivity contribution in [3.05, 3.63) is 64.8 Å².